The summed E-state index contributed by atoms with van der Waals surface area (Å²) in [5, 5.41) is 9.72. The van der Waals surface area contributed by atoms with E-state index >= 15 is 0 Å². The van der Waals surface area contributed by atoms with Gasteiger partial charge in [0.15, 0.2) is 5.60 Å². The third kappa shape index (κ3) is 3.40. The lowest BCUT2D eigenvalue weighted by Gasteiger charge is -2.53. The number of β-amino-alcohol motifs (C(OH)–C–C–N with tert-alkyl or cyclic N) is 1. The molecule has 0 bridgehead atoms. The molecule has 7 heteroatoms. The SMILES string of the molecule is CC(=O)N1CCN(C[C@@](C)(O)C(F)(F)F)CC12CCCCC2. The Hall–Kier alpha value is -0.820. The monoisotopic (exact) mass is 322 g/mol. The normalized spacial score (nSPS) is 26.0. The molecule has 1 spiro atoms. The lowest BCUT2D eigenvalue weighted by Crippen LogP contribution is -2.66. The van der Waals surface area contributed by atoms with Crippen LogP contribution in [-0.4, -0.2) is 64.3 Å². The molecular weight excluding hydrogens is 297 g/mol. The second kappa shape index (κ2) is 6.00. The van der Waals surface area contributed by atoms with Gasteiger partial charge in [0.25, 0.3) is 0 Å². The number of alkyl halides is 3. The molecule has 1 aliphatic carbocycles. The summed E-state index contributed by atoms with van der Waals surface area (Å²) in [6.07, 6.45) is 0.104. The predicted octanol–water partition coefficient (Wildman–Crippen LogP) is 2.17. The van der Waals surface area contributed by atoms with Crippen molar-refractivity contribution in [2.75, 3.05) is 26.2 Å². The third-order valence-corrected chi connectivity index (χ3v) is 5.04. The van der Waals surface area contributed by atoms with E-state index in [2.05, 4.69) is 0 Å². The average Bonchev–Trinajstić information content (AvgIpc) is 2.37. The van der Waals surface area contributed by atoms with Crippen LogP contribution >= 0.6 is 0 Å². The molecule has 1 saturated carbocycles. The minimum atomic E-state index is -4.65. The predicted molar refractivity (Wildman–Crippen MR) is 76.3 cm³/mol. The first kappa shape index (κ1) is 17.5. The van der Waals surface area contributed by atoms with Crippen molar-refractivity contribution in [2.24, 2.45) is 0 Å². The van der Waals surface area contributed by atoms with Gasteiger partial charge in [0.1, 0.15) is 0 Å². The van der Waals surface area contributed by atoms with Gasteiger partial charge in [-0.05, 0) is 19.8 Å². The fourth-order valence-electron chi connectivity index (χ4n) is 3.85. The molecule has 2 aliphatic rings. The average molecular weight is 322 g/mol. The largest absolute Gasteiger partial charge is 0.418 e. The number of halogens is 3. The van der Waals surface area contributed by atoms with Gasteiger partial charge in [-0.1, -0.05) is 19.3 Å². The molecule has 128 valence electrons. The molecule has 0 radical (unpaired) electrons. The van der Waals surface area contributed by atoms with Crippen LogP contribution in [-0.2, 0) is 4.79 Å². The van der Waals surface area contributed by atoms with Crippen LogP contribution in [0.15, 0.2) is 0 Å². The second-order valence-corrected chi connectivity index (χ2v) is 6.94. The number of nitrogens with zero attached hydrogens (tertiary/aromatic N) is 2. The smallest absolute Gasteiger partial charge is 0.380 e. The molecule has 1 N–H and O–H groups in total. The number of hydrogen-bond acceptors (Lipinski definition) is 3. The maximum Gasteiger partial charge on any atom is 0.418 e. The first-order valence-corrected chi connectivity index (χ1v) is 7.87. The van der Waals surface area contributed by atoms with Gasteiger partial charge in [-0.25, -0.2) is 0 Å². The number of amides is 1. The molecule has 1 aliphatic heterocycles. The molecule has 2 rings (SSSR count). The quantitative estimate of drug-likeness (QED) is 0.847. The van der Waals surface area contributed by atoms with E-state index in [9.17, 15) is 23.1 Å². The van der Waals surface area contributed by atoms with Gasteiger partial charge < -0.3 is 10.0 Å². The van der Waals surface area contributed by atoms with Crippen LogP contribution in [0.1, 0.15) is 46.0 Å². The van der Waals surface area contributed by atoms with Crippen LogP contribution in [0.25, 0.3) is 0 Å². The van der Waals surface area contributed by atoms with Crippen molar-refractivity contribution in [1.82, 2.24) is 9.80 Å². The van der Waals surface area contributed by atoms with Crippen molar-refractivity contribution in [3.8, 4) is 0 Å². The zero-order chi connectivity index (χ0) is 16.6. The van der Waals surface area contributed by atoms with E-state index in [1.165, 1.54) is 6.92 Å². The fourth-order valence-corrected chi connectivity index (χ4v) is 3.85. The van der Waals surface area contributed by atoms with Crippen LogP contribution in [0.2, 0.25) is 0 Å². The standard InChI is InChI=1S/C15H25F3N2O2/c1-12(21)20-9-8-19(10-13(2,22)15(16,17)18)11-14(20)6-4-3-5-7-14/h22H,3-11H2,1-2H3/t13-/m1/s1. The van der Waals surface area contributed by atoms with Gasteiger partial charge in [0.05, 0.1) is 5.54 Å². The zero-order valence-electron chi connectivity index (χ0n) is 13.2. The van der Waals surface area contributed by atoms with Crippen molar-refractivity contribution < 1.29 is 23.1 Å². The van der Waals surface area contributed by atoms with Crippen LogP contribution in [0.4, 0.5) is 13.2 Å². The van der Waals surface area contributed by atoms with Gasteiger partial charge in [0.2, 0.25) is 5.91 Å². The molecule has 2 fully saturated rings. The van der Waals surface area contributed by atoms with E-state index < -0.39 is 18.3 Å². The summed E-state index contributed by atoms with van der Waals surface area (Å²) in [7, 11) is 0. The molecule has 1 saturated heterocycles. The maximum absolute atomic E-state index is 12.9. The van der Waals surface area contributed by atoms with Crippen LogP contribution in [0, 0.1) is 0 Å². The van der Waals surface area contributed by atoms with Crippen LogP contribution in [0.5, 0.6) is 0 Å². The Bertz CT molecular complexity index is 418. The highest BCUT2D eigenvalue weighted by atomic mass is 19.4. The Morgan fingerprint density at radius 3 is 2.27 bits per heavy atom. The van der Waals surface area contributed by atoms with Gasteiger partial charge in [0, 0.05) is 33.1 Å². The molecule has 0 unspecified atom stereocenters. The number of aliphatic hydroxyl groups is 1. The summed E-state index contributed by atoms with van der Waals surface area (Å²) < 4.78 is 38.7. The van der Waals surface area contributed by atoms with Crippen LogP contribution < -0.4 is 0 Å². The maximum atomic E-state index is 12.9. The van der Waals surface area contributed by atoms with Gasteiger partial charge in [-0.15, -0.1) is 0 Å². The Morgan fingerprint density at radius 2 is 1.77 bits per heavy atom. The fraction of sp³-hybridized carbons (Fsp3) is 0.933. The summed E-state index contributed by atoms with van der Waals surface area (Å²) in [5.74, 6) is -0.0101. The molecule has 0 aromatic heterocycles. The number of piperazine rings is 1. The Labute approximate surface area is 129 Å². The zero-order valence-corrected chi connectivity index (χ0v) is 13.2. The molecule has 1 heterocycles. The number of carbonyl (C=O) groups excluding carboxylic acids is 1. The van der Waals surface area contributed by atoms with E-state index in [0.29, 0.717) is 19.6 Å². The summed E-state index contributed by atoms with van der Waals surface area (Å²) in [6.45, 7) is 3.12. The molecule has 1 amide bonds. The van der Waals surface area contributed by atoms with Gasteiger partial charge >= 0.3 is 6.18 Å². The minimum absolute atomic E-state index is 0.0101. The number of hydrogen-bond donors (Lipinski definition) is 1. The molecular formula is C15H25F3N2O2. The molecule has 4 nitrogen and oxygen atoms in total. The Morgan fingerprint density at radius 1 is 1.18 bits per heavy atom. The summed E-state index contributed by atoms with van der Waals surface area (Å²) in [5.41, 5.74) is -3.08. The highest BCUT2D eigenvalue weighted by Gasteiger charge is 2.52. The van der Waals surface area contributed by atoms with E-state index in [1.54, 1.807) is 4.90 Å². The van der Waals surface area contributed by atoms with E-state index in [4.69, 9.17) is 0 Å². The summed E-state index contributed by atoms with van der Waals surface area (Å²) in [4.78, 5) is 15.4. The number of carbonyl (C=O) groups is 1. The van der Waals surface area contributed by atoms with Gasteiger partial charge in [-0.3, -0.25) is 9.69 Å². The minimum Gasteiger partial charge on any atom is -0.380 e. The first-order valence-electron chi connectivity index (χ1n) is 7.87. The van der Waals surface area contributed by atoms with Crippen molar-refractivity contribution in [3.05, 3.63) is 0 Å². The lowest BCUT2D eigenvalue weighted by atomic mass is 9.78. The highest BCUT2D eigenvalue weighted by Crippen LogP contribution is 2.38. The first-order chi connectivity index (χ1) is 10.1. The summed E-state index contributed by atoms with van der Waals surface area (Å²) in [6, 6.07) is 0. The second-order valence-electron chi connectivity index (χ2n) is 6.94. The van der Waals surface area contributed by atoms with Crippen molar-refractivity contribution in [1.29, 1.82) is 0 Å². The molecule has 22 heavy (non-hydrogen) atoms. The van der Waals surface area contributed by atoms with Crippen LogP contribution in [0.3, 0.4) is 0 Å². The Kier molecular flexibility index (Phi) is 4.78. The van der Waals surface area contributed by atoms with E-state index in [1.807, 2.05) is 4.90 Å². The van der Waals surface area contributed by atoms with Crippen molar-refractivity contribution in [2.45, 2.75) is 63.3 Å². The third-order valence-electron chi connectivity index (χ3n) is 5.04. The van der Waals surface area contributed by atoms with Crippen molar-refractivity contribution >= 4 is 5.91 Å². The van der Waals surface area contributed by atoms with Crippen molar-refractivity contribution in [3.63, 3.8) is 0 Å². The highest BCUT2D eigenvalue weighted by molar-refractivity contribution is 5.74. The Balaban J connectivity index is 2.13. The molecule has 1 atom stereocenters. The summed E-state index contributed by atoms with van der Waals surface area (Å²) >= 11 is 0. The molecule has 0 aromatic carbocycles. The van der Waals surface area contributed by atoms with Gasteiger partial charge in [-0.2, -0.15) is 13.2 Å². The lowest BCUT2D eigenvalue weighted by molar-refractivity contribution is -0.259. The topological polar surface area (TPSA) is 43.8 Å². The van der Waals surface area contributed by atoms with E-state index in [-0.39, 0.29) is 11.4 Å². The molecule has 0 aromatic rings. The van der Waals surface area contributed by atoms with E-state index in [0.717, 1.165) is 39.0 Å². The number of rotatable bonds is 2.